The van der Waals surface area contributed by atoms with E-state index in [9.17, 15) is 0 Å². The predicted molar refractivity (Wildman–Crippen MR) is 68.9 cm³/mol. The van der Waals surface area contributed by atoms with E-state index in [0.29, 0.717) is 16.6 Å². The lowest BCUT2D eigenvalue weighted by atomic mass is 10.2. The Morgan fingerprint density at radius 2 is 2.06 bits per heavy atom. The summed E-state index contributed by atoms with van der Waals surface area (Å²) in [7, 11) is 1.86. The van der Waals surface area contributed by atoms with Crippen molar-refractivity contribution in [3.8, 4) is 5.69 Å². The monoisotopic (exact) mass is 270 g/mol. The van der Waals surface area contributed by atoms with Crippen molar-refractivity contribution in [2.24, 2.45) is 0 Å². The Kier molecular flexibility index (Phi) is 3.66. The van der Waals surface area contributed by atoms with Gasteiger partial charge in [0.15, 0.2) is 0 Å². The molecule has 6 heteroatoms. The molecule has 0 saturated heterocycles. The molecule has 1 N–H and O–H groups in total. The summed E-state index contributed by atoms with van der Waals surface area (Å²) in [6.45, 7) is 2.57. The highest BCUT2D eigenvalue weighted by molar-refractivity contribution is 6.35. The Labute approximate surface area is 110 Å². The summed E-state index contributed by atoms with van der Waals surface area (Å²) in [5.41, 5.74) is 2.61. The van der Waals surface area contributed by atoms with E-state index in [-0.39, 0.29) is 0 Å². The summed E-state index contributed by atoms with van der Waals surface area (Å²) >= 11 is 12.3. The summed E-state index contributed by atoms with van der Waals surface area (Å²) in [5.74, 6) is 0. The van der Waals surface area contributed by atoms with E-state index in [1.165, 1.54) is 0 Å². The molecule has 0 saturated carbocycles. The van der Waals surface area contributed by atoms with Crippen LogP contribution in [0.1, 0.15) is 11.3 Å². The fraction of sp³-hybridized carbons (Fsp3) is 0.273. The summed E-state index contributed by atoms with van der Waals surface area (Å²) < 4.78 is 1.68. The van der Waals surface area contributed by atoms with Gasteiger partial charge in [0.2, 0.25) is 0 Å². The molecule has 1 aromatic carbocycles. The third kappa shape index (κ3) is 2.44. The van der Waals surface area contributed by atoms with E-state index in [1.54, 1.807) is 16.9 Å². The highest BCUT2D eigenvalue weighted by Crippen LogP contribution is 2.27. The van der Waals surface area contributed by atoms with E-state index < -0.39 is 0 Å². The molecule has 2 rings (SSSR count). The first-order chi connectivity index (χ1) is 8.13. The molecular formula is C11H12Cl2N4. The smallest absolute Gasteiger partial charge is 0.0868 e. The Balaban J connectivity index is 2.52. The van der Waals surface area contributed by atoms with Crippen molar-refractivity contribution in [1.29, 1.82) is 0 Å². The number of rotatable bonds is 3. The van der Waals surface area contributed by atoms with Crippen LogP contribution in [0.15, 0.2) is 18.3 Å². The molecule has 0 spiro atoms. The maximum Gasteiger partial charge on any atom is 0.0868 e. The molecule has 0 unspecified atom stereocenters. The molecule has 1 aromatic heterocycles. The van der Waals surface area contributed by atoms with Crippen LogP contribution in [0.3, 0.4) is 0 Å². The molecule has 0 aliphatic heterocycles. The van der Waals surface area contributed by atoms with Gasteiger partial charge in [-0.1, -0.05) is 28.4 Å². The fourth-order valence-corrected chi connectivity index (χ4v) is 2.02. The third-order valence-electron chi connectivity index (χ3n) is 2.43. The normalized spacial score (nSPS) is 10.8. The molecule has 90 valence electrons. The minimum atomic E-state index is 0.606. The first-order valence-electron chi connectivity index (χ1n) is 5.13. The molecular weight excluding hydrogens is 259 g/mol. The van der Waals surface area contributed by atoms with Crippen molar-refractivity contribution in [2.45, 2.75) is 13.5 Å². The molecule has 0 aliphatic carbocycles. The Bertz CT molecular complexity index is 536. The van der Waals surface area contributed by atoms with Gasteiger partial charge in [-0.3, -0.25) is 0 Å². The Morgan fingerprint density at radius 3 is 2.76 bits per heavy atom. The number of halogens is 2. The molecule has 1 heterocycles. The van der Waals surface area contributed by atoms with Crippen molar-refractivity contribution < 1.29 is 0 Å². The quantitative estimate of drug-likeness (QED) is 0.933. The number of hydrogen-bond acceptors (Lipinski definition) is 3. The van der Waals surface area contributed by atoms with Crippen LogP contribution in [0.2, 0.25) is 10.0 Å². The van der Waals surface area contributed by atoms with Gasteiger partial charge in [-0.15, -0.1) is 5.10 Å². The topological polar surface area (TPSA) is 42.7 Å². The number of nitrogens with one attached hydrogen (secondary N) is 1. The molecule has 0 radical (unpaired) electrons. The molecule has 0 bridgehead atoms. The van der Waals surface area contributed by atoms with Crippen LogP contribution in [-0.4, -0.2) is 22.0 Å². The third-order valence-corrected chi connectivity index (χ3v) is 3.14. The van der Waals surface area contributed by atoms with Gasteiger partial charge >= 0.3 is 0 Å². The largest absolute Gasteiger partial charge is 0.314 e. The van der Waals surface area contributed by atoms with Crippen molar-refractivity contribution >= 4 is 23.2 Å². The average molecular weight is 271 g/mol. The maximum atomic E-state index is 6.20. The molecule has 17 heavy (non-hydrogen) atoms. The predicted octanol–water partition coefficient (Wildman–Crippen LogP) is 2.60. The number of benzene rings is 1. The minimum Gasteiger partial charge on any atom is -0.314 e. The molecule has 0 atom stereocenters. The van der Waals surface area contributed by atoms with E-state index in [4.69, 9.17) is 23.2 Å². The van der Waals surface area contributed by atoms with Crippen LogP contribution >= 0.6 is 23.2 Å². The molecule has 2 aromatic rings. The first-order valence-corrected chi connectivity index (χ1v) is 5.89. The summed E-state index contributed by atoms with van der Waals surface area (Å²) in [6.07, 6.45) is 1.70. The van der Waals surface area contributed by atoms with Gasteiger partial charge in [0, 0.05) is 11.6 Å². The summed E-state index contributed by atoms with van der Waals surface area (Å²) in [6, 6.07) is 3.62. The number of nitrogens with zero attached hydrogens (tertiary/aromatic N) is 3. The van der Waals surface area contributed by atoms with Crippen molar-refractivity contribution in [3.63, 3.8) is 0 Å². The zero-order valence-electron chi connectivity index (χ0n) is 9.54. The van der Waals surface area contributed by atoms with Crippen LogP contribution in [0.5, 0.6) is 0 Å². The van der Waals surface area contributed by atoms with Crippen molar-refractivity contribution in [3.05, 3.63) is 39.6 Å². The van der Waals surface area contributed by atoms with Gasteiger partial charge in [-0.2, -0.15) is 0 Å². The van der Waals surface area contributed by atoms with Crippen LogP contribution in [-0.2, 0) is 6.54 Å². The van der Waals surface area contributed by atoms with Crippen molar-refractivity contribution in [2.75, 3.05) is 7.05 Å². The van der Waals surface area contributed by atoms with Gasteiger partial charge in [-0.25, -0.2) is 4.68 Å². The van der Waals surface area contributed by atoms with Crippen LogP contribution < -0.4 is 5.32 Å². The SMILES string of the molecule is CNCc1cnnn1-c1cc(Cl)c(C)cc1Cl. The molecule has 0 aliphatic rings. The van der Waals surface area contributed by atoms with Crippen molar-refractivity contribution in [1.82, 2.24) is 20.3 Å². The second-order valence-corrected chi connectivity index (χ2v) is 4.53. The van der Waals surface area contributed by atoms with Gasteiger partial charge in [0.05, 0.1) is 22.6 Å². The van der Waals surface area contributed by atoms with Gasteiger partial charge in [-0.05, 0) is 31.7 Å². The van der Waals surface area contributed by atoms with E-state index >= 15 is 0 Å². The lowest BCUT2D eigenvalue weighted by molar-refractivity contribution is 0.714. The van der Waals surface area contributed by atoms with E-state index in [2.05, 4.69) is 15.6 Å². The lowest BCUT2D eigenvalue weighted by Gasteiger charge is -2.09. The van der Waals surface area contributed by atoms with Crippen LogP contribution in [0, 0.1) is 6.92 Å². The molecule has 0 amide bonds. The van der Waals surface area contributed by atoms with Crippen LogP contribution in [0.4, 0.5) is 0 Å². The second-order valence-electron chi connectivity index (χ2n) is 3.72. The van der Waals surface area contributed by atoms with Gasteiger partial charge < -0.3 is 5.32 Å². The summed E-state index contributed by atoms with van der Waals surface area (Å²) in [5, 5.41) is 12.2. The Morgan fingerprint density at radius 1 is 1.29 bits per heavy atom. The minimum absolute atomic E-state index is 0.606. The van der Waals surface area contributed by atoms with E-state index in [0.717, 1.165) is 16.9 Å². The van der Waals surface area contributed by atoms with E-state index in [1.807, 2.05) is 20.0 Å². The lowest BCUT2D eigenvalue weighted by Crippen LogP contribution is -2.11. The maximum absolute atomic E-state index is 6.20. The second kappa shape index (κ2) is 5.04. The Hall–Kier alpha value is -1.10. The highest BCUT2D eigenvalue weighted by Gasteiger charge is 2.11. The average Bonchev–Trinajstić information content (AvgIpc) is 2.72. The zero-order valence-corrected chi connectivity index (χ0v) is 11.0. The summed E-state index contributed by atoms with van der Waals surface area (Å²) in [4.78, 5) is 0. The number of hydrogen-bond donors (Lipinski definition) is 1. The van der Waals surface area contributed by atoms with Gasteiger partial charge in [0.1, 0.15) is 0 Å². The fourth-order valence-electron chi connectivity index (χ4n) is 1.56. The molecule has 0 fully saturated rings. The first kappa shape index (κ1) is 12.4. The number of aryl methyl sites for hydroxylation is 1. The number of aromatic nitrogens is 3. The standard InChI is InChI=1S/C11H12Cl2N4/c1-7-3-10(13)11(4-9(7)12)17-8(5-14-2)6-15-16-17/h3-4,6,14H,5H2,1-2H3. The highest BCUT2D eigenvalue weighted by atomic mass is 35.5. The molecule has 4 nitrogen and oxygen atoms in total. The zero-order chi connectivity index (χ0) is 12.4. The van der Waals surface area contributed by atoms with Crippen LogP contribution in [0.25, 0.3) is 5.69 Å². The van der Waals surface area contributed by atoms with Gasteiger partial charge in [0.25, 0.3) is 0 Å².